The van der Waals surface area contributed by atoms with E-state index in [0.717, 1.165) is 9.87 Å². The van der Waals surface area contributed by atoms with Crippen LogP contribution in [0.1, 0.15) is 11.1 Å². The Balaban J connectivity index is 1.92. The van der Waals surface area contributed by atoms with E-state index in [1.807, 2.05) is 0 Å². The fourth-order valence-electron chi connectivity index (χ4n) is 4.41. The van der Waals surface area contributed by atoms with Gasteiger partial charge in [0.2, 0.25) is 0 Å². The molecule has 0 N–H and O–H groups in total. The third-order valence-electron chi connectivity index (χ3n) is 6.56. The molecule has 0 spiro atoms. The van der Waals surface area contributed by atoms with Crippen LogP contribution in [0.2, 0.25) is 0 Å². The molecule has 0 radical (unpaired) electrons. The Labute approximate surface area is 258 Å². The fraction of sp³-hybridized carbons (Fsp3) is 0.0303. The van der Waals surface area contributed by atoms with E-state index < -0.39 is 35.9 Å². The normalized spacial score (nSPS) is 12.4. The Kier molecular flexibility index (Phi) is 8.73. The van der Waals surface area contributed by atoms with Crippen LogP contribution < -0.4 is 4.31 Å². The third kappa shape index (κ3) is 6.16. The van der Waals surface area contributed by atoms with Crippen LogP contribution in [-0.4, -0.2) is 29.0 Å². The van der Waals surface area contributed by atoms with Crippen LogP contribution in [0.15, 0.2) is 166 Å². The zero-order valence-electron chi connectivity index (χ0n) is 23.5. The molecule has 5 rings (SSSR count). The summed E-state index contributed by atoms with van der Waals surface area (Å²) in [6.45, 7) is 1.80. The quantitative estimate of drug-likeness (QED) is 0.177. The van der Waals surface area contributed by atoms with E-state index in [-0.39, 0.29) is 24.1 Å². The van der Waals surface area contributed by atoms with Gasteiger partial charge in [0, 0.05) is 0 Å². The molecule has 0 bridgehead atoms. The summed E-state index contributed by atoms with van der Waals surface area (Å²) in [6.07, 6.45) is 1.24. The standard InChI is InChI=1S/C33H28N2O6S3/c1-27-22-24-32(25-23-27)42(36,37)34(29-16-8-3-9-17-29)33(26-28-14-6-2-7-15-28)35(43(38,39)30-18-10-4-11-19-30)44(40,41)31-20-12-5-13-21-31/h2-26H,1H3/b33-26+. The van der Waals surface area contributed by atoms with Gasteiger partial charge in [-0.05, 0) is 67.1 Å². The van der Waals surface area contributed by atoms with Crippen molar-refractivity contribution in [3.05, 3.63) is 163 Å². The molecule has 0 heterocycles. The highest BCUT2D eigenvalue weighted by Gasteiger charge is 2.44. The molecule has 44 heavy (non-hydrogen) atoms. The summed E-state index contributed by atoms with van der Waals surface area (Å²) in [6, 6.07) is 36.1. The van der Waals surface area contributed by atoms with Gasteiger partial charge in [-0.1, -0.05) is 103 Å². The van der Waals surface area contributed by atoms with Crippen molar-refractivity contribution in [1.29, 1.82) is 0 Å². The average Bonchev–Trinajstić information content (AvgIpc) is 3.03. The first-order valence-corrected chi connectivity index (χ1v) is 17.7. The highest BCUT2D eigenvalue weighted by molar-refractivity contribution is 8.04. The van der Waals surface area contributed by atoms with Gasteiger partial charge in [0.05, 0.1) is 20.4 Å². The van der Waals surface area contributed by atoms with Crippen LogP contribution in [0.3, 0.4) is 0 Å². The van der Waals surface area contributed by atoms with Crippen LogP contribution in [-0.2, 0) is 30.1 Å². The number of rotatable bonds is 10. The van der Waals surface area contributed by atoms with Gasteiger partial charge in [-0.3, -0.25) is 0 Å². The highest BCUT2D eigenvalue weighted by Crippen LogP contribution is 2.37. The predicted molar refractivity (Wildman–Crippen MR) is 171 cm³/mol. The zero-order valence-corrected chi connectivity index (χ0v) is 26.0. The molecule has 0 unspecified atom stereocenters. The molecule has 0 saturated heterocycles. The summed E-state index contributed by atoms with van der Waals surface area (Å²) in [4.78, 5) is -0.862. The van der Waals surface area contributed by atoms with Gasteiger partial charge in [-0.15, -0.1) is 3.71 Å². The molecule has 0 atom stereocenters. The summed E-state index contributed by atoms with van der Waals surface area (Å²) in [5.74, 6) is -0.643. The number of para-hydroxylation sites is 1. The molecule has 11 heteroatoms. The Bertz CT molecular complexity index is 2020. The Hall–Kier alpha value is -4.71. The molecule has 0 amide bonds. The van der Waals surface area contributed by atoms with Gasteiger partial charge in [0.1, 0.15) is 0 Å². The lowest BCUT2D eigenvalue weighted by Gasteiger charge is -2.34. The number of sulfonamides is 3. The van der Waals surface area contributed by atoms with Crippen molar-refractivity contribution in [3.8, 4) is 0 Å². The second kappa shape index (κ2) is 12.5. The number of aryl methyl sites for hydroxylation is 1. The topological polar surface area (TPSA) is 109 Å². The van der Waals surface area contributed by atoms with Crippen molar-refractivity contribution < 1.29 is 25.3 Å². The summed E-state index contributed by atoms with van der Waals surface area (Å²) in [5, 5.41) is 0. The summed E-state index contributed by atoms with van der Waals surface area (Å²) < 4.78 is 88.2. The maximum atomic E-state index is 14.6. The van der Waals surface area contributed by atoms with Crippen LogP contribution in [0.25, 0.3) is 6.08 Å². The first-order valence-electron chi connectivity index (χ1n) is 13.4. The minimum Gasteiger partial charge on any atom is -0.217 e. The molecule has 5 aromatic carbocycles. The van der Waals surface area contributed by atoms with E-state index in [9.17, 15) is 25.3 Å². The van der Waals surface area contributed by atoms with E-state index in [2.05, 4.69) is 0 Å². The number of benzene rings is 5. The molecule has 0 aliphatic carbocycles. The van der Waals surface area contributed by atoms with Crippen LogP contribution in [0.5, 0.6) is 0 Å². The lowest BCUT2D eigenvalue weighted by atomic mass is 10.2. The van der Waals surface area contributed by atoms with Crippen LogP contribution in [0.4, 0.5) is 5.69 Å². The van der Waals surface area contributed by atoms with E-state index in [4.69, 9.17) is 0 Å². The number of anilines is 1. The lowest BCUT2D eigenvalue weighted by molar-refractivity contribution is 0.526. The van der Waals surface area contributed by atoms with E-state index in [1.165, 1.54) is 78.9 Å². The van der Waals surface area contributed by atoms with Crippen LogP contribution >= 0.6 is 0 Å². The highest BCUT2D eigenvalue weighted by atomic mass is 32.3. The maximum Gasteiger partial charge on any atom is 0.278 e. The third-order valence-corrected chi connectivity index (χ3v) is 12.5. The van der Waals surface area contributed by atoms with Crippen molar-refractivity contribution in [3.63, 3.8) is 0 Å². The van der Waals surface area contributed by atoms with Gasteiger partial charge < -0.3 is 0 Å². The largest absolute Gasteiger partial charge is 0.278 e. The van der Waals surface area contributed by atoms with Gasteiger partial charge >= 0.3 is 0 Å². The summed E-state index contributed by atoms with van der Waals surface area (Å²) >= 11 is 0. The Morgan fingerprint density at radius 1 is 0.477 bits per heavy atom. The second-order valence-corrected chi connectivity index (χ2v) is 15.3. The van der Waals surface area contributed by atoms with E-state index in [0.29, 0.717) is 5.56 Å². The molecular weight excluding hydrogens is 617 g/mol. The maximum absolute atomic E-state index is 14.6. The molecule has 5 aromatic rings. The molecular formula is C33H28N2O6S3. The second-order valence-electron chi connectivity index (χ2n) is 9.66. The Morgan fingerprint density at radius 3 is 1.32 bits per heavy atom. The van der Waals surface area contributed by atoms with Crippen molar-refractivity contribution in [2.75, 3.05) is 4.31 Å². The average molecular weight is 645 g/mol. The predicted octanol–water partition coefficient (Wildman–Crippen LogP) is 6.27. The molecule has 8 nitrogen and oxygen atoms in total. The van der Waals surface area contributed by atoms with Gasteiger partial charge in [-0.25, -0.2) is 12.7 Å². The molecule has 224 valence electrons. The monoisotopic (exact) mass is 644 g/mol. The minimum atomic E-state index is -4.96. The SMILES string of the molecule is Cc1ccc(S(=O)(=O)N(/C(=C\c2ccccc2)N(S(=O)(=O)c2ccccc2)S(=O)(=O)c2ccccc2)c2ccccc2)cc1. The molecule has 0 aromatic heterocycles. The van der Waals surface area contributed by atoms with Gasteiger partial charge in [0.15, 0.2) is 5.82 Å². The van der Waals surface area contributed by atoms with Gasteiger partial charge in [-0.2, -0.15) is 16.8 Å². The minimum absolute atomic E-state index is 0.0202. The molecule has 0 saturated carbocycles. The number of hydrogen-bond acceptors (Lipinski definition) is 6. The van der Waals surface area contributed by atoms with Crippen molar-refractivity contribution in [2.24, 2.45) is 0 Å². The van der Waals surface area contributed by atoms with E-state index >= 15 is 0 Å². The van der Waals surface area contributed by atoms with Crippen LogP contribution in [0, 0.1) is 6.92 Å². The first kappa shape index (κ1) is 30.7. The van der Waals surface area contributed by atoms with Crippen molar-refractivity contribution in [2.45, 2.75) is 21.6 Å². The van der Waals surface area contributed by atoms with Gasteiger partial charge in [0.25, 0.3) is 30.1 Å². The Morgan fingerprint density at radius 2 is 0.864 bits per heavy atom. The smallest absolute Gasteiger partial charge is 0.217 e. The first-order chi connectivity index (χ1) is 21.0. The number of nitrogens with zero attached hydrogens (tertiary/aromatic N) is 2. The molecule has 0 aliphatic rings. The molecule has 0 fully saturated rings. The van der Waals surface area contributed by atoms with Crippen molar-refractivity contribution in [1.82, 2.24) is 3.71 Å². The lowest BCUT2D eigenvalue weighted by Crippen LogP contribution is -2.45. The summed E-state index contributed by atoms with van der Waals surface area (Å²) in [7, 11) is -14.5. The fourth-order valence-corrected chi connectivity index (χ4v) is 9.68. The summed E-state index contributed by atoms with van der Waals surface area (Å²) in [5.41, 5.74) is 1.18. The van der Waals surface area contributed by atoms with Crippen molar-refractivity contribution >= 4 is 41.8 Å². The molecule has 0 aliphatic heterocycles. The van der Waals surface area contributed by atoms with E-state index in [1.54, 1.807) is 79.7 Å². The number of hydrogen-bond donors (Lipinski definition) is 0. The zero-order chi connectivity index (χ0) is 31.4.